The van der Waals surface area contributed by atoms with Gasteiger partial charge in [-0.2, -0.15) is 0 Å². The average molecular weight is 198 g/mol. The Labute approximate surface area is 84.2 Å². The molecular formula is C12H23P. The van der Waals surface area contributed by atoms with E-state index in [0.29, 0.717) is 13.1 Å². The second-order valence-electron chi connectivity index (χ2n) is 5.75. The van der Waals surface area contributed by atoms with E-state index in [-0.39, 0.29) is 0 Å². The Morgan fingerprint density at radius 2 is 1.23 bits per heavy atom. The molecule has 0 atom stereocenters. The SMILES string of the molecule is CC(C)(C)P(C1CCC1)C1CCC1. The third kappa shape index (κ3) is 1.94. The van der Waals surface area contributed by atoms with Gasteiger partial charge in [-0.05, 0) is 42.2 Å². The molecule has 0 amide bonds. The van der Waals surface area contributed by atoms with Crippen LogP contribution < -0.4 is 0 Å². The smallest absolute Gasteiger partial charge is 0.0174 e. The van der Waals surface area contributed by atoms with Crippen LogP contribution in [0, 0.1) is 0 Å². The summed E-state index contributed by atoms with van der Waals surface area (Å²) in [7, 11) is 0.349. The van der Waals surface area contributed by atoms with E-state index in [9.17, 15) is 0 Å². The maximum atomic E-state index is 2.48. The highest BCUT2D eigenvalue weighted by molar-refractivity contribution is 7.60. The van der Waals surface area contributed by atoms with Crippen LogP contribution in [0.4, 0.5) is 0 Å². The first kappa shape index (κ1) is 9.97. The van der Waals surface area contributed by atoms with E-state index in [1.54, 1.807) is 25.7 Å². The molecule has 2 rings (SSSR count). The highest BCUT2D eigenvalue weighted by Gasteiger charge is 2.41. The highest BCUT2D eigenvalue weighted by Crippen LogP contribution is 2.66. The van der Waals surface area contributed by atoms with Gasteiger partial charge in [-0.15, -0.1) is 0 Å². The highest BCUT2D eigenvalue weighted by atomic mass is 31.1. The summed E-state index contributed by atoms with van der Waals surface area (Å²) in [6, 6.07) is 0. The van der Waals surface area contributed by atoms with E-state index in [4.69, 9.17) is 0 Å². The topological polar surface area (TPSA) is 0 Å². The molecule has 0 aromatic rings. The van der Waals surface area contributed by atoms with Crippen LogP contribution >= 0.6 is 7.92 Å². The van der Waals surface area contributed by atoms with Crippen molar-refractivity contribution in [1.29, 1.82) is 0 Å². The Morgan fingerprint density at radius 3 is 1.38 bits per heavy atom. The van der Waals surface area contributed by atoms with Gasteiger partial charge in [-0.1, -0.05) is 41.5 Å². The number of rotatable bonds is 2. The Morgan fingerprint density at radius 1 is 0.846 bits per heavy atom. The van der Waals surface area contributed by atoms with Crippen LogP contribution in [0.1, 0.15) is 59.3 Å². The van der Waals surface area contributed by atoms with Crippen molar-refractivity contribution in [3.05, 3.63) is 0 Å². The van der Waals surface area contributed by atoms with Crippen molar-refractivity contribution >= 4 is 7.92 Å². The third-order valence-corrected chi connectivity index (χ3v) is 7.87. The lowest BCUT2D eigenvalue weighted by Gasteiger charge is -2.49. The molecule has 0 spiro atoms. The van der Waals surface area contributed by atoms with Crippen molar-refractivity contribution < 1.29 is 0 Å². The molecule has 13 heavy (non-hydrogen) atoms. The lowest BCUT2D eigenvalue weighted by Crippen LogP contribution is -2.34. The lowest BCUT2D eigenvalue weighted by molar-refractivity contribution is 0.463. The summed E-state index contributed by atoms with van der Waals surface area (Å²) in [5.41, 5.74) is 2.31. The molecule has 0 aliphatic heterocycles. The molecule has 0 heterocycles. The first-order chi connectivity index (χ1) is 6.09. The van der Waals surface area contributed by atoms with Gasteiger partial charge in [0.15, 0.2) is 0 Å². The fraction of sp³-hybridized carbons (Fsp3) is 1.00. The quantitative estimate of drug-likeness (QED) is 0.578. The molecule has 0 N–H and O–H groups in total. The van der Waals surface area contributed by atoms with Gasteiger partial charge in [-0.25, -0.2) is 0 Å². The summed E-state index contributed by atoms with van der Waals surface area (Å²) in [6.07, 6.45) is 9.26. The zero-order chi connectivity index (χ0) is 9.47. The molecule has 2 saturated carbocycles. The summed E-state index contributed by atoms with van der Waals surface area (Å²) < 4.78 is 0. The molecule has 0 nitrogen and oxygen atoms in total. The molecule has 1 heteroatoms. The first-order valence-electron chi connectivity index (χ1n) is 5.87. The van der Waals surface area contributed by atoms with Gasteiger partial charge in [0.25, 0.3) is 0 Å². The van der Waals surface area contributed by atoms with Crippen molar-refractivity contribution in [1.82, 2.24) is 0 Å². The molecule has 2 aliphatic carbocycles. The van der Waals surface area contributed by atoms with Crippen molar-refractivity contribution in [3.8, 4) is 0 Å². The predicted molar refractivity (Wildman–Crippen MR) is 62.0 cm³/mol. The van der Waals surface area contributed by atoms with Gasteiger partial charge in [0.05, 0.1) is 0 Å². The molecular weight excluding hydrogens is 175 g/mol. The van der Waals surface area contributed by atoms with Gasteiger partial charge in [0.1, 0.15) is 0 Å². The van der Waals surface area contributed by atoms with Crippen molar-refractivity contribution in [3.63, 3.8) is 0 Å². The second-order valence-corrected chi connectivity index (χ2v) is 9.36. The Bertz CT molecular complexity index is 158. The van der Waals surface area contributed by atoms with Crippen LogP contribution in [0.5, 0.6) is 0 Å². The average Bonchev–Trinajstić information content (AvgIpc) is 1.75. The van der Waals surface area contributed by atoms with Gasteiger partial charge in [0.2, 0.25) is 0 Å². The minimum atomic E-state index is 0.349. The van der Waals surface area contributed by atoms with Crippen LogP contribution in [0.2, 0.25) is 0 Å². The first-order valence-corrected chi connectivity index (χ1v) is 7.35. The zero-order valence-electron chi connectivity index (χ0n) is 9.34. The van der Waals surface area contributed by atoms with E-state index in [2.05, 4.69) is 20.8 Å². The summed E-state index contributed by atoms with van der Waals surface area (Å²) in [5.74, 6) is 0. The van der Waals surface area contributed by atoms with E-state index >= 15 is 0 Å². The van der Waals surface area contributed by atoms with Crippen LogP contribution in [-0.4, -0.2) is 16.5 Å². The normalized spacial score (nSPS) is 25.8. The maximum absolute atomic E-state index is 2.48. The van der Waals surface area contributed by atoms with Crippen molar-refractivity contribution in [2.75, 3.05) is 0 Å². The van der Waals surface area contributed by atoms with Crippen LogP contribution in [-0.2, 0) is 0 Å². The number of hydrogen-bond donors (Lipinski definition) is 0. The molecule has 0 bridgehead atoms. The molecule has 0 saturated heterocycles. The van der Waals surface area contributed by atoms with Gasteiger partial charge >= 0.3 is 0 Å². The maximum Gasteiger partial charge on any atom is -0.0174 e. The summed E-state index contributed by atoms with van der Waals surface area (Å²) in [4.78, 5) is 0. The lowest BCUT2D eigenvalue weighted by atomic mass is 9.99. The van der Waals surface area contributed by atoms with Crippen LogP contribution in [0.15, 0.2) is 0 Å². The summed E-state index contributed by atoms with van der Waals surface area (Å²) >= 11 is 0. The predicted octanol–water partition coefficient (Wildman–Crippen LogP) is 4.37. The monoisotopic (exact) mass is 198 g/mol. The van der Waals surface area contributed by atoms with Crippen LogP contribution in [0.3, 0.4) is 0 Å². The van der Waals surface area contributed by atoms with E-state index in [1.807, 2.05) is 0 Å². The minimum Gasteiger partial charge on any atom is -0.0948 e. The van der Waals surface area contributed by atoms with E-state index < -0.39 is 0 Å². The van der Waals surface area contributed by atoms with Gasteiger partial charge in [-0.3, -0.25) is 0 Å². The fourth-order valence-corrected chi connectivity index (χ4v) is 7.35. The third-order valence-electron chi connectivity index (χ3n) is 3.71. The fourth-order valence-electron chi connectivity index (χ4n) is 2.72. The Kier molecular flexibility index (Phi) is 2.71. The summed E-state index contributed by atoms with van der Waals surface area (Å²) in [5, 5.41) is 0.630. The second kappa shape index (κ2) is 3.54. The molecule has 0 aromatic heterocycles. The summed E-state index contributed by atoms with van der Waals surface area (Å²) in [6.45, 7) is 7.44. The van der Waals surface area contributed by atoms with Gasteiger partial charge < -0.3 is 0 Å². The molecule has 2 aliphatic rings. The largest absolute Gasteiger partial charge is 0.0948 e. The molecule has 2 fully saturated rings. The Hall–Kier alpha value is 0.430. The van der Waals surface area contributed by atoms with Crippen molar-refractivity contribution in [2.45, 2.75) is 75.8 Å². The standard InChI is InChI=1S/C12H23P/c1-12(2,3)13(10-6-4-7-10)11-8-5-9-11/h10-11H,4-9H2,1-3H3. The molecule has 0 unspecified atom stereocenters. The molecule has 76 valence electrons. The van der Waals surface area contributed by atoms with Crippen molar-refractivity contribution in [2.24, 2.45) is 0 Å². The minimum absolute atomic E-state index is 0.349. The molecule has 0 aromatic carbocycles. The Balaban J connectivity index is 2.01. The van der Waals surface area contributed by atoms with E-state index in [1.165, 1.54) is 12.8 Å². The number of hydrogen-bond acceptors (Lipinski definition) is 0. The zero-order valence-corrected chi connectivity index (χ0v) is 10.2. The molecule has 0 radical (unpaired) electrons. The van der Waals surface area contributed by atoms with E-state index in [0.717, 1.165) is 11.3 Å². The van der Waals surface area contributed by atoms with Crippen LogP contribution in [0.25, 0.3) is 0 Å². The van der Waals surface area contributed by atoms with Gasteiger partial charge in [0, 0.05) is 0 Å².